The molecule has 0 bridgehead atoms. The highest BCUT2D eigenvalue weighted by molar-refractivity contribution is 6.01. The minimum Gasteiger partial charge on any atom is -0.496 e. The minimum absolute atomic E-state index is 0.0472. The van der Waals surface area contributed by atoms with Gasteiger partial charge in [-0.05, 0) is 30.3 Å². The van der Waals surface area contributed by atoms with Crippen LogP contribution >= 0.6 is 0 Å². The summed E-state index contributed by atoms with van der Waals surface area (Å²) in [7, 11) is 1.33. The number of ketones is 1. The highest BCUT2D eigenvalue weighted by atomic mass is 19.1. The highest BCUT2D eigenvalue weighted by Crippen LogP contribution is 2.20. The molecule has 0 aliphatic carbocycles. The third-order valence-corrected chi connectivity index (χ3v) is 3.11. The molecule has 0 unspecified atom stereocenters. The Bertz CT molecular complexity index is 788. The summed E-state index contributed by atoms with van der Waals surface area (Å²) in [6.45, 7) is -0.615. The first-order valence-electron chi connectivity index (χ1n) is 6.70. The molecular formula is C16H12FNO6. The van der Waals surface area contributed by atoms with Gasteiger partial charge in [0.15, 0.2) is 6.61 Å². The molecule has 0 saturated heterocycles. The van der Waals surface area contributed by atoms with Gasteiger partial charge in [0, 0.05) is 12.1 Å². The molecule has 0 N–H and O–H groups in total. The average molecular weight is 333 g/mol. The molecule has 2 aromatic carbocycles. The normalized spacial score (nSPS) is 10.1. The molecule has 124 valence electrons. The van der Waals surface area contributed by atoms with Crippen LogP contribution in [-0.4, -0.2) is 30.4 Å². The second-order valence-electron chi connectivity index (χ2n) is 4.65. The molecule has 0 aliphatic rings. The number of ether oxygens (including phenoxy) is 2. The number of nitro benzene ring substituents is 1. The lowest BCUT2D eigenvalue weighted by molar-refractivity contribution is -0.384. The molecule has 0 spiro atoms. The average Bonchev–Trinajstić information content (AvgIpc) is 2.59. The number of carbonyl (C=O) groups excluding carboxylic acids is 2. The van der Waals surface area contributed by atoms with Crippen molar-refractivity contribution < 1.29 is 28.4 Å². The lowest BCUT2D eigenvalue weighted by Gasteiger charge is -2.08. The maximum absolute atomic E-state index is 13.2. The van der Waals surface area contributed by atoms with Gasteiger partial charge in [-0.15, -0.1) is 0 Å². The van der Waals surface area contributed by atoms with Crippen molar-refractivity contribution in [1.82, 2.24) is 0 Å². The number of carbonyl (C=O) groups is 2. The van der Waals surface area contributed by atoms with E-state index < -0.39 is 29.1 Å². The quantitative estimate of drug-likeness (QED) is 0.349. The Kier molecular flexibility index (Phi) is 5.20. The van der Waals surface area contributed by atoms with Crippen LogP contribution in [0.15, 0.2) is 42.5 Å². The van der Waals surface area contributed by atoms with Crippen molar-refractivity contribution in [2.45, 2.75) is 0 Å². The SMILES string of the molecule is COc1ccc(F)cc1C(=O)COC(=O)c1ccc([N+](=O)[O-])cc1. The zero-order valence-corrected chi connectivity index (χ0v) is 12.5. The Balaban J connectivity index is 2.04. The molecule has 0 amide bonds. The topological polar surface area (TPSA) is 95.7 Å². The summed E-state index contributed by atoms with van der Waals surface area (Å²) in [6, 6.07) is 8.14. The van der Waals surface area contributed by atoms with Crippen LogP contribution in [0.1, 0.15) is 20.7 Å². The number of Topliss-reactive ketones (excluding diaryl/α,β-unsaturated/α-hetero) is 1. The Hall–Kier alpha value is -3.29. The smallest absolute Gasteiger partial charge is 0.338 e. The molecule has 0 fully saturated rings. The van der Waals surface area contributed by atoms with Crippen LogP contribution < -0.4 is 4.74 Å². The Labute approximate surface area is 135 Å². The van der Waals surface area contributed by atoms with Gasteiger partial charge in [0.25, 0.3) is 5.69 Å². The largest absolute Gasteiger partial charge is 0.496 e. The fourth-order valence-corrected chi connectivity index (χ4v) is 1.91. The van der Waals surface area contributed by atoms with Gasteiger partial charge in [-0.3, -0.25) is 14.9 Å². The van der Waals surface area contributed by atoms with Crippen LogP contribution in [0, 0.1) is 15.9 Å². The number of esters is 1. The fourth-order valence-electron chi connectivity index (χ4n) is 1.91. The molecule has 0 aromatic heterocycles. The van der Waals surface area contributed by atoms with Crippen molar-refractivity contribution in [2.75, 3.05) is 13.7 Å². The third kappa shape index (κ3) is 3.92. The molecule has 2 rings (SSSR count). The van der Waals surface area contributed by atoms with E-state index in [0.717, 1.165) is 24.3 Å². The third-order valence-electron chi connectivity index (χ3n) is 3.11. The van der Waals surface area contributed by atoms with Gasteiger partial charge in [-0.2, -0.15) is 0 Å². The summed E-state index contributed by atoms with van der Waals surface area (Å²) in [5.74, 6) is -1.93. The highest BCUT2D eigenvalue weighted by Gasteiger charge is 2.17. The van der Waals surface area contributed by atoms with Gasteiger partial charge >= 0.3 is 5.97 Å². The van der Waals surface area contributed by atoms with E-state index in [-0.39, 0.29) is 22.6 Å². The number of non-ortho nitro benzene ring substituents is 1. The van der Waals surface area contributed by atoms with E-state index in [2.05, 4.69) is 0 Å². The van der Waals surface area contributed by atoms with Crippen molar-refractivity contribution in [2.24, 2.45) is 0 Å². The maximum Gasteiger partial charge on any atom is 0.338 e. The number of halogens is 1. The van der Waals surface area contributed by atoms with Crippen LogP contribution in [0.3, 0.4) is 0 Å². The monoisotopic (exact) mass is 333 g/mol. The predicted octanol–water partition coefficient (Wildman–Crippen LogP) is 2.78. The summed E-state index contributed by atoms with van der Waals surface area (Å²) in [5, 5.41) is 10.5. The number of hydrogen-bond donors (Lipinski definition) is 0. The van der Waals surface area contributed by atoms with Crippen LogP contribution in [0.4, 0.5) is 10.1 Å². The van der Waals surface area contributed by atoms with Crippen LogP contribution in [0.25, 0.3) is 0 Å². The van der Waals surface area contributed by atoms with Crippen molar-refractivity contribution in [1.29, 1.82) is 0 Å². The molecule has 2 aromatic rings. The van der Waals surface area contributed by atoms with E-state index in [1.807, 2.05) is 0 Å². The van der Waals surface area contributed by atoms with Gasteiger partial charge in [-0.25, -0.2) is 9.18 Å². The number of methoxy groups -OCH3 is 1. The number of nitro groups is 1. The number of nitrogens with zero attached hydrogens (tertiary/aromatic N) is 1. The number of rotatable bonds is 6. The van der Waals surface area contributed by atoms with E-state index in [1.165, 1.54) is 25.3 Å². The van der Waals surface area contributed by atoms with Gasteiger partial charge in [0.05, 0.1) is 23.2 Å². The zero-order valence-electron chi connectivity index (χ0n) is 12.5. The predicted molar refractivity (Wildman–Crippen MR) is 80.7 cm³/mol. The number of benzene rings is 2. The zero-order chi connectivity index (χ0) is 17.7. The van der Waals surface area contributed by atoms with Crippen LogP contribution in [-0.2, 0) is 4.74 Å². The molecule has 7 nitrogen and oxygen atoms in total. The van der Waals surface area contributed by atoms with Crippen molar-refractivity contribution >= 4 is 17.4 Å². The van der Waals surface area contributed by atoms with E-state index in [0.29, 0.717) is 0 Å². The Morgan fingerprint density at radius 3 is 2.42 bits per heavy atom. The fraction of sp³-hybridized carbons (Fsp3) is 0.125. The standard InChI is InChI=1S/C16H12FNO6/c1-23-15-7-4-11(17)8-13(15)14(19)9-24-16(20)10-2-5-12(6-3-10)18(21)22/h2-8H,9H2,1H3. The summed E-state index contributed by atoms with van der Waals surface area (Å²) in [4.78, 5) is 33.8. The first-order valence-corrected chi connectivity index (χ1v) is 6.70. The first-order chi connectivity index (χ1) is 11.4. The second kappa shape index (κ2) is 7.32. The Morgan fingerprint density at radius 2 is 1.83 bits per heavy atom. The van der Waals surface area contributed by atoms with Crippen molar-refractivity contribution in [3.63, 3.8) is 0 Å². The molecule has 0 heterocycles. The molecule has 0 atom stereocenters. The summed E-state index contributed by atoms with van der Waals surface area (Å²) in [6.07, 6.45) is 0. The Morgan fingerprint density at radius 1 is 1.17 bits per heavy atom. The molecule has 0 aliphatic heterocycles. The van der Waals surface area contributed by atoms with Crippen molar-refractivity contribution in [3.8, 4) is 5.75 Å². The van der Waals surface area contributed by atoms with E-state index in [4.69, 9.17) is 9.47 Å². The van der Waals surface area contributed by atoms with Crippen molar-refractivity contribution in [3.05, 3.63) is 69.5 Å². The molecular weight excluding hydrogens is 321 g/mol. The van der Waals surface area contributed by atoms with Gasteiger partial charge in [0.1, 0.15) is 11.6 Å². The molecule has 24 heavy (non-hydrogen) atoms. The van der Waals surface area contributed by atoms with Crippen LogP contribution in [0.5, 0.6) is 5.75 Å². The van der Waals surface area contributed by atoms with Gasteiger partial charge in [0.2, 0.25) is 5.78 Å². The second-order valence-corrected chi connectivity index (χ2v) is 4.65. The van der Waals surface area contributed by atoms with E-state index in [9.17, 15) is 24.1 Å². The summed E-state index contributed by atoms with van der Waals surface area (Å²) >= 11 is 0. The summed E-state index contributed by atoms with van der Waals surface area (Å²) < 4.78 is 23.0. The van der Waals surface area contributed by atoms with Gasteiger partial charge < -0.3 is 9.47 Å². The lowest BCUT2D eigenvalue weighted by Crippen LogP contribution is -2.15. The maximum atomic E-state index is 13.2. The number of hydrogen-bond acceptors (Lipinski definition) is 6. The molecule has 8 heteroatoms. The first kappa shape index (κ1) is 17.1. The van der Waals surface area contributed by atoms with E-state index in [1.54, 1.807) is 0 Å². The molecule has 0 radical (unpaired) electrons. The van der Waals surface area contributed by atoms with Crippen LogP contribution in [0.2, 0.25) is 0 Å². The van der Waals surface area contributed by atoms with E-state index >= 15 is 0 Å². The minimum atomic E-state index is -0.825. The lowest BCUT2D eigenvalue weighted by atomic mass is 10.1. The summed E-state index contributed by atoms with van der Waals surface area (Å²) in [5.41, 5.74) is -0.166. The molecule has 0 saturated carbocycles. The van der Waals surface area contributed by atoms with Gasteiger partial charge in [-0.1, -0.05) is 0 Å².